The molecule has 2 heterocycles. The van der Waals surface area contributed by atoms with E-state index in [1.165, 1.54) is 0 Å². The maximum atomic E-state index is 12.7. The number of benzene rings is 2. The molecule has 0 amide bonds. The second kappa shape index (κ2) is 4.56. The summed E-state index contributed by atoms with van der Waals surface area (Å²) in [6.07, 6.45) is 3.41. The maximum absolute atomic E-state index is 12.7. The predicted octanol–water partition coefficient (Wildman–Crippen LogP) is 3.63. The van der Waals surface area contributed by atoms with E-state index in [1.54, 1.807) is 17.0 Å². The lowest BCUT2D eigenvalue weighted by atomic mass is 10.2. The van der Waals surface area contributed by atoms with Crippen LogP contribution in [0.25, 0.3) is 27.5 Å². The van der Waals surface area contributed by atoms with E-state index in [-0.39, 0.29) is 5.56 Å². The average molecular weight is 340 g/mol. The van der Waals surface area contributed by atoms with Crippen LogP contribution in [0.3, 0.4) is 0 Å². The van der Waals surface area contributed by atoms with Gasteiger partial charge in [0.1, 0.15) is 6.33 Å². The fourth-order valence-corrected chi connectivity index (χ4v) is 2.88. The standard InChI is InChI=1S/C16H10BrN3O/c17-10-5-6-14-12(7-10)15(8-18-14)20-9-19-13-4-2-1-3-11(13)16(20)21/h1-9,18H. The number of nitrogens with one attached hydrogen (secondary N) is 1. The highest BCUT2D eigenvalue weighted by Gasteiger charge is 2.10. The molecular formula is C16H10BrN3O. The second-order valence-corrected chi connectivity index (χ2v) is 5.72. The predicted molar refractivity (Wildman–Crippen MR) is 86.9 cm³/mol. The normalized spacial score (nSPS) is 11.3. The van der Waals surface area contributed by atoms with Crippen LogP contribution in [-0.4, -0.2) is 14.5 Å². The van der Waals surface area contributed by atoms with Gasteiger partial charge >= 0.3 is 0 Å². The number of hydrogen-bond donors (Lipinski definition) is 1. The zero-order valence-electron chi connectivity index (χ0n) is 10.9. The Morgan fingerprint density at radius 3 is 2.86 bits per heavy atom. The highest BCUT2D eigenvalue weighted by molar-refractivity contribution is 9.10. The molecular weight excluding hydrogens is 330 g/mol. The molecule has 0 aliphatic heterocycles. The van der Waals surface area contributed by atoms with Crippen molar-refractivity contribution in [3.8, 4) is 5.69 Å². The van der Waals surface area contributed by atoms with Crippen LogP contribution in [-0.2, 0) is 0 Å². The van der Waals surface area contributed by atoms with Crippen LogP contribution in [0, 0.1) is 0 Å². The van der Waals surface area contributed by atoms with Crippen molar-refractivity contribution < 1.29 is 0 Å². The van der Waals surface area contributed by atoms with E-state index in [4.69, 9.17) is 0 Å². The van der Waals surface area contributed by atoms with Crippen LogP contribution in [0.5, 0.6) is 0 Å². The molecule has 4 nitrogen and oxygen atoms in total. The van der Waals surface area contributed by atoms with Crippen molar-refractivity contribution in [1.82, 2.24) is 14.5 Å². The molecule has 0 radical (unpaired) electrons. The summed E-state index contributed by atoms with van der Waals surface area (Å²) in [6, 6.07) is 13.3. The number of aromatic amines is 1. The van der Waals surface area contributed by atoms with E-state index < -0.39 is 0 Å². The lowest BCUT2D eigenvalue weighted by Crippen LogP contribution is -2.18. The summed E-state index contributed by atoms with van der Waals surface area (Å²) in [5.74, 6) is 0. The first-order chi connectivity index (χ1) is 10.2. The van der Waals surface area contributed by atoms with E-state index in [0.717, 1.165) is 21.1 Å². The molecule has 102 valence electrons. The van der Waals surface area contributed by atoms with Crippen molar-refractivity contribution in [2.24, 2.45) is 0 Å². The number of para-hydroxylation sites is 1. The fourth-order valence-electron chi connectivity index (χ4n) is 2.52. The molecule has 4 rings (SSSR count). The maximum Gasteiger partial charge on any atom is 0.265 e. The summed E-state index contributed by atoms with van der Waals surface area (Å²) in [4.78, 5) is 20.2. The van der Waals surface area contributed by atoms with Gasteiger partial charge in [0.25, 0.3) is 5.56 Å². The van der Waals surface area contributed by atoms with Gasteiger partial charge in [0.2, 0.25) is 0 Å². The minimum atomic E-state index is -0.0681. The number of fused-ring (bicyclic) bond motifs is 2. The highest BCUT2D eigenvalue weighted by Crippen LogP contribution is 2.24. The van der Waals surface area contributed by atoms with Crippen LogP contribution in [0.2, 0.25) is 0 Å². The molecule has 0 fully saturated rings. The minimum Gasteiger partial charge on any atom is -0.359 e. The van der Waals surface area contributed by atoms with Crippen molar-refractivity contribution >= 4 is 37.7 Å². The molecule has 0 spiro atoms. The molecule has 0 saturated carbocycles. The SMILES string of the molecule is O=c1c2ccccc2ncn1-c1c[nH]c2ccc(Br)cc12. The summed E-state index contributed by atoms with van der Waals surface area (Å²) in [5, 5.41) is 1.59. The highest BCUT2D eigenvalue weighted by atomic mass is 79.9. The van der Waals surface area contributed by atoms with Crippen LogP contribution in [0.1, 0.15) is 0 Å². The third kappa shape index (κ3) is 1.89. The quantitative estimate of drug-likeness (QED) is 0.575. The largest absolute Gasteiger partial charge is 0.359 e. The average Bonchev–Trinajstić information content (AvgIpc) is 2.91. The molecule has 2 aromatic heterocycles. The van der Waals surface area contributed by atoms with Crippen LogP contribution < -0.4 is 5.56 Å². The van der Waals surface area contributed by atoms with E-state index >= 15 is 0 Å². The summed E-state index contributed by atoms with van der Waals surface area (Å²) in [7, 11) is 0. The zero-order chi connectivity index (χ0) is 14.4. The monoisotopic (exact) mass is 339 g/mol. The summed E-state index contributed by atoms with van der Waals surface area (Å²) in [5.41, 5.74) is 2.42. The first kappa shape index (κ1) is 12.3. The Kier molecular flexibility index (Phi) is 2.68. The first-order valence-electron chi connectivity index (χ1n) is 6.47. The van der Waals surface area contributed by atoms with Gasteiger partial charge in [0, 0.05) is 21.6 Å². The number of aromatic nitrogens is 3. The first-order valence-corrected chi connectivity index (χ1v) is 7.27. The molecule has 2 aromatic carbocycles. The summed E-state index contributed by atoms with van der Waals surface area (Å²) in [6.45, 7) is 0. The Morgan fingerprint density at radius 2 is 1.95 bits per heavy atom. The Labute approximate surface area is 128 Å². The van der Waals surface area contributed by atoms with Crippen molar-refractivity contribution in [1.29, 1.82) is 0 Å². The lowest BCUT2D eigenvalue weighted by molar-refractivity contribution is 0.970. The van der Waals surface area contributed by atoms with Gasteiger partial charge in [0.05, 0.1) is 16.6 Å². The zero-order valence-corrected chi connectivity index (χ0v) is 12.5. The van der Waals surface area contributed by atoms with E-state index in [0.29, 0.717) is 10.9 Å². The molecule has 5 heteroatoms. The van der Waals surface area contributed by atoms with Crippen LogP contribution in [0.4, 0.5) is 0 Å². The number of halogens is 1. The van der Waals surface area contributed by atoms with Gasteiger partial charge in [-0.3, -0.25) is 9.36 Å². The van der Waals surface area contributed by atoms with E-state index in [9.17, 15) is 4.79 Å². The third-order valence-corrected chi connectivity index (χ3v) is 4.04. The summed E-state index contributed by atoms with van der Waals surface area (Å²) >= 11 is 3.47. The third-order valence-electron chi connectivity index (χ3n) is 3.55. The molecule has 1 N–H and O–H groups in total. The van der Waals surface area contributed by atoms with Crippen LogP contribution in [0.15, 0.2) is 64.3 Å². The number of H-pyrrole nitrogens is 1. The minimum absolute atomic E-state index is 0.0681. The van der Waals surface area contributed by atoms with Gasteiger partial charge in [-0.2, -0.15) is 0 Å². The van der Waals surface area contributed by atoms with Gasteiger partial charge < -0.3 is 4.98 Å². The van der Waals surface area contributed by atoms with Crippen molar-refractivity contribution in [3.63, 3.8) is 0 Å². The molecule has 0 bridgehead atoms. The number of rotatable bonds is 1. The smallest absolute Gasteiger partial charge is 0.265 e. The Bertz CT molecular complexity index is 1030. The number of hydrogen-bond acceptors (Lipinski definition) is 2. The van der Waals surface area contributed by atoms with Gasteiger partial charge in [-0.05, 0) is 30.3 Å². The van der Waals surface area contributed by atoms with Gasteiger partial charge in [-0.1, -0.05) is 28.1 Å². The lowest BCUT2D eigenvalue weighted by Gasteiger charge is -2.05. The van der Waals surface area contributed by atoms with Gasteiger partial charge in [-0.15, -0.1) is 0 Å². The molecule has 0 aliphatic carbocycles. The molecule has 0 saturated heterocycles. The van der Waals surface area contributed by atoms with Gasteiger partial charge in [-0.25, -0.2) is 4.98 Å². The summed E-state index contributed by atoms with van der Waals surface area (Å²) < 4.78 is 2.55. The Morgan fingerprint density at radius 1 is 1.10 bits per heavy atom. The number of nitrogens with zero attached hydrogens (tertiary/aromatic N) is 2. The molecule has 0 aliphatic rings. The van der Waals surface area contributed by atoms with E-state index in [2.05, 4.69) is 25.9 Å². The Balaban J connectivity index is 2.07. The molecule has 21 heavy (non-hydrogen) atoms. The molecule has 4 aromatic rings. The van der Waals surface area contributed by atoms with Crippen molar-refractivity contribution in [3.05, 3.63) is 69.8 Å². The van der Waals surface area contributed by atoms with Crippen molar-refractivity contribution in [2.75, 3.05) is 0 Å². The van der Waals surface area contributed by atoms with Crippen molar-refractivity contribution in [2.45, 2.75) is 0 Å². The topological polar surface area (TPSA) is 50.7 Å². The van der Waals surface area contributed by atoms with Gasteiger partial charge in [0.15, 0.2) is 0 Å². The Hall–Kier alpha value is -2.40. The van der Waals surface area contributed by atoms with E-state index in [1.807, 2.05) is 42.6 Å². The fraction of sp³-hybridized carbons (Fsp3) is 0. The molecule has 0 atom stereocenters. The van der Waals surface area contributed by atoms with Crippen LogP contribution >= 0.6 is 15.9 Å². The molecule has 0 unspecified atom stereocenters. The second-order valence-electron chi connectivity index (χ2n) is 4.80.